The minimum Gasteiger partial charge on any atom is -0.299 e. The fourth-order valence-corrected chi connectivity index (χ4v) is 2.59. The highest BCUT2D eigenvalue weighted by Gasteiger charge is 2.04. The Bertz CT molecular complexity index is 417. The van der Waals surface area contributed by atoms with Gasteiger partial charge in [0.15, 0.2) is 0 Å². The predicted molar refractivity (Wildman–Crippen MR) is 72.6 cm³/mol. The van der Waals surface area contributed by atoms with Gasteiger partial charge >= 0.3 is 0 Å². The Morgan fingerprint density at radius 1 is 1.44 bits per heavy atom. The molecule has 0 saturated heterocycles. The summed E-state index contributed by atoms with van der Waals surface area (Å²) in [6.07, 6.45) is 1.23. The minimum absolute atomic E-state index is 0.253. The molecule has 0 amide bonds. The summed E-state index contributed by atoms with van der Waals surface area (Å²) < 4.78 is 1.04. The summed E-state index contributed by atoms with van der Waals surface area (Å²) in [5.74, 6) is 6.46. The van der Waals surface area contributed by atoms with Gasteiger partial charge in [0.2, 0.25) is 0 Å². The molecule has 1 aromatic carbocycles. The van der Waals surface area contributed by atoms with E-state index in [0.29, 0.717) is 18.6 Å². The van der Waals surface area contributed by atoms with Crippen molar-refractivity contribution in [1.29, 1.82) is 0 Å². The second-order valence-corrected chi connectivity index (χ2v) is 5.06. The molecule has 84 valence electrons. The zero-order valence-electron chi connectivity index (χ0n) is 9.13. The number of Topliss-reactive ketones (excluding diaryl/α,β-unsaturated/α-hetero) is 1. The Morgan fingerprint density at radius 2 is 2.19 bits per heavy atom. The third-order valence-electron chi connectivity index (χ3n) is 1.93. The second-order valence-electron chi connectivity index (χ2n) is 3.18. The van der Waals surface area contributed by atoms with Gasteiger partial charge in [0.25, 0.3) is 0 Å². The normalized spacial score (nSPS) is 9.38. The highest BCUT2D eigenvalue weighted by atomic mass is 79.9. The molecule has 0 unspecified atom stereocenters. The molecule has 1 nitrogen and oxygen atoms in total. The van der Waals surface area contributed by atoms with Crippen LogP contribution >= 0.6 is 27.7 Å². The van der Waals surface area contributed by atoms with E-state index in [1.54, 1.807) is 18.7 Å². The lowest BCUT2D eigenvalue weighted by Gasteiger charge is -2.02. The lowest BCUT2D eigenvalue weighted by atomic mass is 10.2. The molecule has 1 aromatic rings. The van der Waals surface area contributed by atoms with Crippen LogP contribution in [0.2, 0.25) is 0 Å². The Morgan fingerprint density at radius 3 is 2.88 bits per heavy atom. The summed E-state index contributed by atoms with van der Waals surface area (Å²) in [5.41, 5.74) is 0. The molecular formula is C13H13BrOS. The van der Waals surface area contributed by atoms with E-state index in [-0.39, 0.29) is 5.78 Å². The van der Waals surface area contributed by atoms with E-state index in [0.717, 1.165) is 9.37 Å². The van der Waals surface area contributed by atoms with Gasteiger partial charge in [-0.05, 0) is 35.0 Å². The molecule has 1 rings (SSSR count). The van der Waals surface area contributed by atoms with Gasteiger partial charge in [-0.15, -0.1) is 23.6 Å². The van der Waals surface area contributed by atoms with Crippen LogP contribution in [0.5, 0.6) is 0 Å². The molecule has 0 N–H and O–H groups in total. The predicted octanol–water partition coefficient (Wildman–Crippen LogP) is 3.91. The maximum absolute atomic E-state index is 11.5. The molecule has 0 aromatic heterocycles. The number of ketones is 1. The second kappa shape index (κ2) is 7.54. The van der Waals surface area contributed by atoms with Crippen LogP contribution in [0.25, 0.3) is 0 Å². The quantitative estimate of drug-likeness (QED) is 0.605. The van der Waals surface area contributed by atoms with E-state index in [2.05, 4.69) is 27.8 Å². The fraction of sp³-hybridized carbons (Fsp3) is 0.308. The third kappa shape index (κ3) is 4.87. The van der Waals surface area contributed by atoms with Gasteiger partial charge in [-0.1, -0.05) is 12.1 Å². The van der Waals surface area contributed by atoms with Gasteiger partial charge in [-0.3, -0.25) is 4.79 Å². The zero-order chi connectivity index (χ0) is 11.8. The van der Waals surface area contributed by atoms with Crippen molar-refractivity contribution in [2.75, 3.05) is 5.75 Å². The van der Waals surface area contributed by atoms with Crippen LogP contribution in [-0.4, -0.2) is 11.5 Å². The first-order valence-corrected chi connectivity index (χ1v) is 6.80. The van der Waals surface area contributed by atoms with Gasteiger partial charge in [-0.2, -0.15) is 0 Å². The Balaban J connectivity index is 2.36. The van der Waals surface area contributed by atoms with Crippen LogP contribution in [-0.2, 0) is 4.79 Å². The molecule has 0 heterocycles. The molecule has 0 atom stereocenters. The summed E-state index contributed by atoms with van der Waals surface area (Å²) in [4.78, 5) is 12.6. The highest BCUT2D eigenvalue weighted by Crippen LogP contribution is 2.27. The van der Waals surface area contributed by atoms with Crippen molar-refractivity contribution >= 4 is 33.5 Å². The van der Waals surface area contributed by atoms with Gasteiger partial charge < -0.3 is 0 Å². The number of carbonyl (C=O) groups excluding carboxylic acids is 1. The van der Waals surface area contributed by atoms with Crippen LogP contribution < -0.4 is 0 Å². The summed E-state index contributed by atoms with van der Waals surface area (Å²) in [5, 5.41) is 0. The maximum Gasteiger partial charge on any atom is 0.144 e. The fourth-order valence-electron chi connectivity index (χ4n) is 1.12. The topological polar surface area (TPSA) is 17.1 Å². The summed E-state index contributed by atoms with van der Waals surface area (Å²) in [7, 11) is 0. The molecule has 0 fully saturated rings. The first kappa shape index (κ1) is 13.3. The molecular weight excluding hydrogens is 284 g/mol. The van der Waals surface area contributed by atoms with Gasteiger partial charge in [-0.25, -0.2) is 0 Å². The van der Waals surface area contributed by atoms with Gasteiger partial charge in [0, 0.05) is 22.2 Å². The molecule has 0 aliphatic rings. The minimum atomic E-state index is 0.253. The molecule has 0 radical (unpaired) electrons. The summed E-state index contributed by atoms with van der Waals surface area (Å²) in [6.45, 7) is 1.79. The maximum atomic E-state index is 11.5. The Labute approximate surface area is 109 Å². The molecule has 3 heteroatoms. The van der Waals surface area contributed by atoms with Crippen LogP contribution in [0.3, 0.4) is 0 Å². The van der Waals surface area contributed by atoms with E-state index >= 15 is 0 Å². The number of thioether (sulfide) groups is 1. The zero-order valence-corrected chi connectivity index (χ0v) is 11.5. The van der Waals surface area contributed by atoms with E-state index < -0.39 is 0 Å². The van der Waals surface area contributed by atoms with Crippen molar-refractivity contribution in [3.8, 4) is 11.8 Å². The number of hydrogen-bond acceptors (Lipinski definition) is 2. The molecule has 0 aliphatic heterocycles. The molecule has 0 spiro atoms. The van der Waals surface area contributed by atoms with Crippen molar-refractivity contribution < 1.29 is 4.79 Å². The summed E-state index contributed by atoms with van der Waals surface area (Å²) in [6, 6.07) is 7.93. The lowest BCUT2D eigenvalue weighted by molar-refractivity contribution is -0.116. The van der Waals surface area contributed by atoms with Crippen LogP contribution in [0.1, 0.15) is 19.8 Å². The van der Waals surface area contributed by atoms with Crippen molar-refractivity contribution in [3.63, 3.8) is 0 Å². The van der Waals surface area contributed by atoms with Crippen molar-refractivity contribution in [1.82, 2.24) is 0 Å². The van der Waals surface area contributed by atoms with Gasteiger partial charge in [0.05, 0.1) is 5.75 Å². The first-order valence-electron chi connectivity index (χ1n) is 5.02. The Hall–Kier alpha value is -0.720. The van der Waals surface area contributed by atoms with Crippen molar-refractivity contribution in [3.05, 3.63) is 28.7 Å². The summed E-state index contributed by atoms with van der Waals surface area (Å²) >= 11 is 5.02. The van der Waals surface area contributed by atoms with Gasteiger partial charge in [0.1, 0.15) is 5.78 Å². The molecule has 0 bridgehead atoms. The Kier molecular flexibility index (Phi) is 6.29. The monoisotopic (exact) mass is 296 g/mol. The lowest BCUT2D eigenvalue weighted by Crippen LogP contribution is -2.00. The number of halogens is 1. The van der Waals surface area contributed by atoms with Crippen LogP contribution in [0.15, 0.2) is 33.6 Å². The van der Waals surface area contributed by atoms with Crippen molar-refractivity contribution in [2.45, 2.75) is 24.7 Å². The van der Waals surface area contributed by atoms with E-state index in [9.17, 15) is 4.79 Å². The first-order chi connectivity index (χ1) is 7.74. The molecule has 16 heavy (non-hydrogen) atoms. The number of benzene rings is 1. The average Bonchev–Trinajstić information content (AvgIpc) is 2.28. The number of hydrogen-bond donors (Lipinski definition) is 0. The molecule has 0 saturated carbocycles. The number of carbonyl (C=O) groups is 1. The average molecular weight is 297 g/mol. The van der Waals surface area contributed by atoms with E-state index in [4.69, 9.17) is 0 Å². The smallest absolute Gasteiger partial charge is 0.144 e. The van der Waals surface area contributed by atoms with Crippen LogP contribution in [0, 0.1) is 11.8 Å². The third-order valence-corrected chi connectivity index (χ3v) is 4.02. The SMILES string of the molecule is CC#CCCC(=O)CSc1ccccc1Br. The van der Waals surface area contributed by atoms with Crippen molar-refractivity contribution in [2.24, 2.45) is 0 Å². The van der Waals surface area contributed by atoms with E-state index in [1.165, 1.54) is 0 Å². The molecule has 0 aliphatic carbocycles. The number of rotatable bonds is 5. The highest BCUT2D eigenvalue weighted by molar-refractivity contribution is 9.10. The van der Waals surface area contributed by atoms with Crippen LogP contribution in [0.4, 0.5) is 0 Å². The standard InChI is InChI=1S/C13H13BrOS/c1-2-3-4-7-11(15)10-16-13-9-6-5-8-12(13)14/h5-6,8-9H,4,7,10H2,1H3. The largest absolute Gasteiger partial charge is 0.299 e. The van der Waals surface area contributed by atoms with E-state index in [1.807, 2.05) is 24.3 Å².